The van der Waals surface area contributed by atoms with Crippen LogP contribution in [0.3, 0.4) is 0 Å². The molecule has 1 heterocycles. The monoisotopic (exact) mass is 461 g/mol. The number of carbonyl (C=O) groups is 4. The zero-order valence-corrected chi connectivity index (χ0v) is 17.9. The van der Waals surface area contributed by atoms with Gasteiger partial charge in [0, 0.05) is 15.7 Å². The molecule has 1 aliphatic rings. The summed E-state index contributed by atoms with van der Waals surface area (Å²) in [4.78, 5) is 51.1. The molecule has 0 saturated carbocycles. The fourth-order valence-electron chi connectivity index (χ4n) is 3.12. The number of anilines is 2. The average Bonchev–Trinajstić information content (AvgIpc) is 2.92. The minimum Gasteiger partial charge on any atom is -0.350 e. The number of hydrogen-bond acceptors (Lipinski definition) is 5. The summed E-state index contributed by atoms with van der Waals surface area (Å²) in [5.41, 5.74) is 8.29. The fraction of sp³-hybridized carbons (Fsp3) is 0.150. The van der Waals surface area contributed by atoms with Gasteiger partial charge in [-0.3, -0.25) is 14.4 Å². The molecule has 1 fully saturated rings. The molecular weight excluding hydrogens is 445 g/mol. The maximum Gasteiger partial charge on any atom is 0.332 e. The summed E-state index contributed by atoms with van der Waals surface area (Å²) in [5.74, 6) is -4.10. The highest BCUT2D eigenvalue weighted by atomic mass is 35.5. The van der Waals surface area contributed by atoms with E-state index in [-0.39, 0.29) is 5.69 Å². The van der Waals surface area contributed by atoms with Crippen molar-refractivity contribution in [3.63, 3.8) is 0 Å². The quantitative estimate of drug-likeness (QED) is 0.366. The molecule has 0 aromatic heterocycles. The number of amides is 5. The first-order chi connectivity index (χ1) is 14.6. The second kappa shape index (κ2) is 8.75. The molecule has 0 bridgehead atoms. The minimum atomic E-state index is -1.61. The van der Waals surface area contributed by atoms with Crippen molar-refractivity contribution in [3.05, 3.63) is 57.6 Å². The lowest BCUT2D eigenvalue weighted by atomic mass is 10.0. The number of aryl methyl sites for hydroxylation is 2. The van der Waals surface area contributed by atoms with Crippen LogP contribution in [0.1, 0.15) is 11.1 Å². The van der Waals surface area contributed by atoms with Gasteiger partial charge in [0.1, 0.15) is 5.71 Å². The van der Waals surface area contributed by atoms with Crippen LogP contribution in [0.2, 0.25) is 10.0 Å². The highest BCUT2D eigenvalue weighted by Crippen LogP contribution is 2.31. The van der Waals surface area contributed by atoms with Gasteiger partial charge >= 0.3 is 6.03 Å². The molecule has 1 aliphatic heterocycles. The molecule has 2 aromatic carbocycles. The number of nitrogens with two attached hydrogens (primary N) is 1. The summed E-state index contributed by atoms with van der Waals surface area (Å²) < 4.78 is 0. The predicted octanol–water partition coefficient (Wildman–Crippen LogP) is 2.76. The summed E-state index contributed by atoms with van der Waals surface area (Å²) in [5, 5.41) is 7.12. The van der Waals surface area contributed by atoms with Gasteiger partial charge in [-0.1, -0.05) is 23.2 Å². The van der Waals surface area contributed by atoms with Crippen molar-refractivity contribution in [2.45, 2.75) is 13.8 Å². The molecule has 31 heavy (non-hydrogen) atoms. The SMILES string of the molecule is Cc1cc(Cl)ccc1NC(=O)[C@@H]1C(=O)N(c2ccc(Cl)cc2C)C(=O)/C1=N\NC(N)=O. The fourth-order valence-corrected chi connectivity index (χ4v) is 3.57. The van der Waals surface area contributed by atoms with Crippen LogP contribution in [-0.2, 0) is 14.4 Å². The maximum absolute atomic E-state index is 13.1. The van der Waals surface area contributed by atoms with Crippen molar-refractivity contribution in [1.82, 2.24) is 5.43 Å². The van der Waals surface area contributed by atoms with Gasteiger partial charge in [0.25, 0.3) is 11.8 Å². The van der Waals surface area contributed by atoms with Crippen molar-refractivity contribution < 1.29 is 19.2 Å². The molecule has 5 amide bonds. The van der Waals surface area contributed by atoms with Gasteiger partial charge in [-0.2, -0.15) is 5.10 Å². The number of hydrogen-bond donors (Lipinski definition) is 3. The van der Waals surface area contributed by atoms with Crippen molar-refractivity contribution in [2.24, 2.45) is 16.8 Å². The van der Waals surface area contributed by atoms with E-state index in [0.717, 1.165) is 4.90 Å². The van der Waals surface area contributed by atoms with E-state index in [2.05, 4.69) is 10.4 Å². The number of hydrazone groups is 1. The molecule has 0 spiro atoms. The Morgan fingerprint density at radius 3 is 2.23 bits per heavy atom. The number of primary amides is 1. The molecule has 0 unspecified atom stereocenters. The topological polar surface area (TPSA) is 134 Å². The molecule has 3 rings (SSSR count). The Hall–Kier alpha value is -3.43. The molecule has 2 aromatic rings. The molecule has 4 N–H and O–H groups in total. The van der Waals surface area contributed by atoms with Crippen LogP contribution >= 0.6 is 23.2 Å². The highest BCUT2D eigenvalue weighted by molar-refractivity contribution is 6.61. The van der Waals surface area contributed by atoms with Crippen LogP contribution in [0.4, 0.5) is 16.2 Å². The van der Waals surface area contributed by atoms with Crippen molar-refractivity contribution in [2.75, 3.05) is 10.2 Å². The zero-order chi connectivity index (χ0) is 22.9. The van der Waals surface area contributed by atoms with Gasteiger partial charge in [-0.25, -0.2) is 15.1 Å². The van der Waals surface area contributed by atoms with Gasteiger partial charge in [0.2, 0.25) is 5.91 Å². The summed E-state index contributed by atoms with van der Waals surface area (Å²) in [6, 6.07) is 8.27. The molecule has 160 valence electrons. The van der Waals surface area contributed by atoms with E-state index in [1.54, 1.807) is 38.1 Å². The lowest BCUT2D eigenvalue weighted by Gasteiger charge is -2.17. The van der Waals surface area contributed by atoms with E-state index < -0.39 is 35.4 Å². The lowest BCUT2D eigenvalue weighted by Crippen LogP contribution is -2.35. The van der Waals surface area contributed by atoms with Crippen LogP contribution in [0.15, 0.2) is 41.5 Å². The summed E-state index contributed by atoms with van der Waals surface area (Å²) in [6.07, 6.45) is 0. The Morgan fingerprint density at radius 1 is 1.03 bits per heavy atom. The second-order valence-corrected chi connectivity index (χ2v) is 7.64. The number of nitrogens with zero attached hydrogens (tertiary/aromatic N) is 2. The maximum atomic E-state index is 13.1. The summed E-state index contributed by atoms with van der Waals surface area (Å²) in [6.45, 7) is 3.38. The number of carbonyl (C=O) groups excluding carboxylic acids is 4. The third-order valence-corrected chi connectivity index (χ3v) is 5.03. The highest BCUT2D eigenvalue weighted by Gasteiger charge is 2.50. The third-order valence-electron chi connectivity index (χ3n) is 4.56. The molecule has 1 saturated heterocycles. The van der Waals surface area contributed by atoms with Crippen LogP contribution in [-0.4, -0.2) is 29.5 Å². The smallest absolute Gasteiger partial charge is 0.332 e. The Morgan fingerprint density at radius 2 is 1.65 bits per heavy atom. The van der Waals surface area contributed by atoms with E-state index >= 15 is 0 Å². The Bertz CT molecular complexity index is 1150. The first kappa shape index (κ1) is 22.3. The standard InChI is InChI=1S/C20H17Cl2N5O4/c1-9-7-11(21)3-5-13(9)24-17(28)15-16(25-26-20(23)31)19(30)27(18(15)29)14-6-4-12(22)8-10(14)2/h3-8,15H,1-2H3,(H,24,28)(H3,23,26,31)/b25-16-/t15-/m1/s1. The van der Waals surface area contributed by atoms with Crippen molar-refractivity contribution in [3.8, 4) is 0 Å². The van der Waals surface area contributed by atoms with E-state index in [4.69, 9.17) is 28.9 Å². The van der Waals surface area contributed by atoms with E-state index in [9.17, 15) is 19.2 Å². The van der Waals surface area contributed by atoms with Gasteiger partial charge in [-0.05, 0) is 61.4 Å². The van der Waals surface area contributed by atoms with E-state index in [0.29, 0.717) is 26.9 Å². The number of nitrogens with one attached hydrogen (secondary N) is 2. The molecule has 0 aliphatic carbocycles. The van der Waals surface area contributed by atoms with Crippen LogP contribution < -0.4 is 21.4 Å². The van der Waals surface area contributed by atoms with E-state index in [1.807, 2.05) is 5.43 Å². The van der Waals surface area contributed by atoms with Crippen LogP contribution in [0.25, 0.3) is 0 Å². The Balaban J connectivity index is 2.02. The van der Waals surface area contributed by atoms with Crippen LogP contribution in [0, 0.1) is 19.8 Å². The number of benzene rings is 2. The molecule has 11 heteroatoms. The van der Waals surface area contributed by atoms with Crippen molar-refractivity contribution >= 4 is 64.0 Å². The molecule has 1 atom stereocenters. The first-order valence-electron chi connectivity index (χ1n) is 8.94. The number of imide groups is 1. The number of urea groups is 1. The molecular formula is C20H17Cl2N5O4. The van der Waals surface area contributed by atoms with Gasteiger partial charge < -0.3 is 11.1 Å². The number of halogens is 2. The number of rotatable bonds is 4. The zero-order valence-electron chi connectivity index (χ0n) is 16.4. The predicted molar refractivity (Wildman–Crippen MR) is 117 cm³/mol. The third kappa shape index (κ3) is 4.52. The van der Waals surface area contributed by atoms with Crippen LogP contribution in [0.5, 0.6) is 0 Å². The van der Waals surface area contributed by atoms with Gasteiger partial charge in [0.05, 0.1) is 5.69 Å². The lowest BCUT2D eigenvalue weighted by molar-refractivity contribution is -0.127. The summed E-state index contributed by atoms with van der Waals surface area (Å²) in [7, 11) is 0. The van der Waals surface area contributed by atoms with Gasteiger partial charge in [0.15, 0.2) is 5.92 Å². The largest absolute Gasteiger partial charge is 0.350 e. The average molecular weight is 462 g/mol. The summed E-state index contributed by atoms with van der Waals surface area (Å²) >= 11 is 11.9. The Kier molecular flexibility index (Phi) is 6.28. The normalized spacial score (nSPS) is 17.2. The minimum absolute atomic E-state index is 0.240. The van der Waals surface area contributed by atoms with Gasteiger partial charge in [-0.15, -0.1) is 0 Å². The van der Waals surface area contributed by atoms with Crippen molar-refractivity contribution in [1.29, 1.82) is 0 Å². The molecule has 0 radical (unpaired) electrons. The molecule has 9 nitrogen and oxygen atoms in total. The first-order valence-corrected chi connectivity index (χ1v) is 9.70. The van der Waals surface area contributed by atoms with E-state index in [1.165, 1.54) is 12.1 Å². The Labute approximate surface area is 187 Å². The second-order valence-electron chi connectivity index (χ2n) is 6.76.